The number of amidine groups is 1. The number of para-hydroxylation sites is 1. The Bertz CT molecular complexity index is 624. The summed E-state index contributed by atoms with van der Waals surface area (Å²) >= 11 is 0. The molecule has 0 radical (unpaired) electrons. The van der Waals surface area contributed by atoms with Gasteiger partial charge in [-0.15, -0.1) is 0 Å². The summed E-state index contributed by atoms with van der Waals surface area (Å²) < 4.78 is 5.36. The van der Waals surface area contributed by atoms with Crippen LogP contribution >= 0.6 is 0 Å². The molecule has 0 unspecified atom stereocenters. The highest BCUT2D eigenvalue weighted by atomic mass is 16.5. The number of hydrogen-bond acceptors (Lipinski definition) is 4. The third kappa shape index (κ3) is 3.45. The quantitative estimate of drug-likeness (QED) is 0.383. The first-order chi connectivity index (χ1) is 10.2. The molecule has 0 fully saturated rings. The van der Waals surface area contributed by atoms with Crippen LogP contribution in [0.4, 0.5) is 5.69 Å². The van der Waals surface area contributed by atoms with Crippen LogP contribution < -0.4 is 15.4 Å². The molecule has 110 valence electrons. The van der Waals surface area contributed by atoms with Gasteiger partial charge in [-0.1, -0.05) is 23.4 Å². The smallest absolute Gasteiger partial charge is 0.170 e. The van der Waals surface area contributed by atoms with Crippen LogP contribution in [0.5, 0.6) is 5.75 Å². The molecule has 0 atom stereocenters. The second kappa shape index (κ2) is 6.65. The summed E-state index contributed by atoms with van der Waals surface area (Å²) in [5, 5.41) is 11.6. The monoisotopic (exact) mass is 285 g/mol. The van der Waals surface area contributed by atoms with E-state index in [1.165, 1.54) is 0 Å². The lowest BCUT2D eigenvalue weighted by Crippen LogP contribution is -2.17. The molecule has 0 spiro atoms. The van der Waals surface area contributed by atoms with E-state index in [0.29, 0.717) is 5.56 Å². The van der Waals surface area contributed by atoms with Gasteiger partial charge in [-0.2, -0.15) is 0 Å². The van der Waals surface area contributed by atoms with Crippen molar-refractivity contribution in [3.8, 4) is 5.75 Å². The second-order valence-corrected chi connectivity index (χ2v) is 4.70. The minimum Gasteiger partial charge on any atom is -0.496 e. The predicted molar refractivity (Wildman–Crippen MR) is 84.1 cm³/mol. The van der Waals surface area contributed by atoms with Gasteiger partial charge in [0, 0.05) is 30.4 Å². The molecule has 0 saturated heterocycles. The fourth-order valence-electron chi connectivity index (χ4n) is 2.12. The fourth-order valence-corrected chi connectivity index (χ4v) is 2.12. The van der Waals surface area contributed by atoms with E-state index in [9.17, 15) is 0 Å². The van der Waals surface area contributed by atoms with Gasteiger partial charge in [-0.05, 0) is 30.3 Å². The third-order valence-electron chi connectivity index (χ3n) is 3.31. The van der Waals surface area contributed by atoms with Crippen LogP contribution in [0.3, 0.4) is 0 Å². The highest BCUT2D eigenvalue weighted by Crippen LogP contribution is 2.22. The van der Waals surface area contributed by atoms with Crippen LogP contribution in [0, 0.1) is 0 Å². The number of anilines is 1. The number of benzene rings is 2. The normalized spacial score (nSPS) is 11.2. The molecule has 2 rings (SSSR count). The van der Waals surface area contributed by atoms with Crippen LogP contribution in [-0.2, 0) is 6.54 Å². The first-order valence-electron chi connectivity index (χ1n) is 6.56. The van der Waals surface area contributed by atoms with Crippen LogP contribution in [-0.4, -0.2) is 25.2 Å². The lowest BCUT2D eigenvalue weighted by atomic mass is 10.1. The minimum atomic E-state index is 0.105. The molecule has 0 aliphatic heterocycles. The van der Waals surface area contributed by atoms with Crippen molar-refractivity contribution in [2.45, 2.75) is 6.54 Å². The van der Waals surface area contributed by atoms with Crippen molar-refractivity contribution >= 4 is 11.5 Å². The molecule has 0 bridgehead atoms. The molecular weight excluding hydrogens is 266 g/mol. The predicted octanol–water partition coefficient (Wildman–Crippen LogP) is 2.43. The van der Waals surface area contributed by atoms with Gasteiger partial charge >= 0.3 is 0 Å². The maximum absolute atomic E-state index is 8.66. The number of nitrogens with zero attached hydrogens (tertiary/aromatic N) is 2. The van der Waals surface area contributed by atoms with Crippen molar-refractivity contribution in [1.82, 2.24) is 0 Å². The summed E-state index contributed by atoms with van der Waals surface area (Å²) in [7, 11) is 3.68. The maximum atomic E-state index is 8.66. The van der Waals surface area contributed by atoms with Crippen LogP contribution in [0.1, 0.15) is 11.1 Å². The average molecular weight is 285 g/mol. The molecule has 0 aromatic heterocycles. The zero-order valence-electron chi connectivity index (χ0n) is 12.2. The highest BCUT2D eigenvalue weighted by Gasteiger charge is 2.07. The number of methoxy groups -OCH3 is 1. The Labute approximate surface area is 124 Å². The van der Waals surface area contributed by atoms with Crippen molar-refractivity contribution in [1.29, 1.82) is 0 Å². The molecule has 21 heavy (non-hydrogen) atoms. The van der Waals surface area contributed by atoms with E-state index >= 15 is 0 Å². The number of hydrogen-bond donors (Lipinski definition) is 2. The zero-order valence-corrected chi connectivity index (χ0v) is 12.2. The zero-order chi connectivity index (χ0) is 15.2. The molecule has 0 aliphatic rings. The lowest BCUT2D eigenvalue weighted by molar-refractivity contribution is 0.318. The Morgan fingerprint density at radius 1 is 1.19 bits per heavy atom. The van der Waals surface area contributed by atoms with E-state index in [0.717, 1.165) is 23.5 Å². The Balaban J connectivity index is 2.15. The van der Waals surface area contributed by atoms with E-state index in [1.807, 2.05) is 55.6 Å². The van der Waals surface area contributed by atoms with Crippen molar-refractivity contribution in [2.24, 2.45) is 10.9 Å². The van der Waals surface area contributed by atoms with E-state index in [4.69, 9.17) is 15.7 Å². The van der Waals surface area contributed by atoms with Gasteiger partial charge in [0.05, 0.1) is 7.11 Å². The highest BCUT2D eigenvalue weighted by molar-refractivity contribution is 5.97. The van der Waals surface area contributed by atoms with Crippen molar-refractivity contribution in [3.05, 3.63) is 59.7 Å². The topological polar surface area (TPSA) is 71.1 Å². The molecule has 2 aromatic carbocycles. The third-order valence-corrected chi connectivity index (χ3v) is 3.31. The fraction of sp³-hybridized carbons (Fsp3) is 0.188. The van der Waals surface area contributed by atoms with Crippen LogP contribution in [0.2, 0.25) is 0 Å². The van der Waals surface area contributed by atoms with E-state index in [-0.39, 0.29) is 5.84 Å². The molecule has 3 N–H and O–H groups in total. The molecule has 0 saturated carbocycles. The SMILES string of the molecule is COc1ccccc1CN(C)c1ccc(C(N)=NO)cc1. The Morgan fingerprint density at radius 3 is 2.48 bits per heavy atom. The van der Waals surface area contributed by atoms with Crippen molar-refractivity contribution < 1.29 is 9.94 Å². The van der Waals surface area contributed by atoms with Gasteiger partial charge in [0.25, 0.3) is 0 Å². The van der Waals surface area contributed by atoms with Gasteiger partial charge in [0.2, 0.25) is 0 Å². The lowest BCUT2D eigenvalue weighted by Gasteiger charge is -2.21. The van der Waals surface area contributed by atoms with Crippen LogP contribution in [0.15, 0.2) is 53.7 Å². The molecule has 5 nitrogen and oxygen atoms in total. The summed E-state index contributed by atoms with van der Waals surface area (Å²) in [6.45, 7) is 0.729. The number of nitrogens with two attached hydrogens (primary N) is 1. The van der Waals surface area contributed by atoms with E-state index in [1.54, 1.807) is 7.11 Å². The number of rotatable bonds is 5. The number of ether oxygens (including phenoxy) is 1. The Morgan fingerprint density at radius 2 is 1.86 bits per heavy atom. The molecule has 5 heteroatoms. The van der Waals surface area contributed by atoms with Gasteiger partial charge in [-0.3, -0.25) is 0 Å². The van der Waals surface area contributed by atoms with E-state index < -0.39 is 0 Å². The largest absolute Gasteiger partial charge is 0.496 e. The summed E-state index contributed by atoms with van der Waals surface area (Å²) in [4.78, 5) is 2.11. The second-order valence-electron chi connectivity index (χ2n) is 4.70. The van der Waals surface area contributed by atoms with Crippen LogP contribution in [0.25, 0.3) is 0 Å². The first-order valence-corrected chi connectivity index (χ1v) is 6.56. The van der Waals surface area contributed by atoms with Gasteiger partial charge in [-0.25, -0.2) is 0 Å². The molecule has 0 amide bonds. The van der Waals surface area contributed by atoms with Crippen molar-refractivity contribution in [3.63, 3.8) is 0 Å². The molecule has 2 aromatic rings. The summed E-state index contributed by atoms with van der Waals surface area (Å²) in [5.74, 6) is 0.978. The summed E-state index contributed by atoms with van der Waals surface area (Å²) in [5.41, 5.74) is 8.39. The number of oxime groups is 1. The Kier molecular flexibility index (Phi) is 4.66. The molecule has 0 heterocycles. The average Bonchev–Trinajstić information content (AvgIpc) is 2.54. The van der Waals surface area contributed by atoms with Crippen molar-refractivity contribution in [2.75, 3.05) is 19.1 Å². The molecular formula is C16H19N3O2. The van der Waals surface area contributed by atoms with E-state index in [2.05, 4.69) is 10.1 Å². The summed E-state index contributed by atoms with van der Waals surface area (Å²) in [6.07, 6.45) is 0. The molecule has 0 aliphatic carbocycles. The van der Waals surface area contributed by atoms with Gasteiger partial charge in [0.15, 0.2) is 5.84 Å². The maximum Gasteiger partial charge on any atom is 0.170 e. The standard InChI is InChI=1S/C16H19N3O2/c1-19(11-13-5-3-4-6-15(13)21-2)14-9-7-12(8-10-14)16(17)18-20/h3-10,20H,11H2,1-2H3,(H2,17,18). The summed E-state index contributed by atoms with van der Waals surface area (Å²) in [6, 6.07) is 15.4. The minimum absolute atomic E-state index is 0.105. The van der Waals surface area contributed by atoms with Gasteiger partial charge < -0.3 is 20.6 Å². The first kappa shape index (κ1) is 14.7. The van der Waals surface area contributed by atoms with Gasteiger partial charge in [0.1, 0.15) is 5.75 Å². The Hall–Kier alpha value is -2.69.